The molecule has 0 atom stereocenters. The average molecular weight is 1450 g/mol. The third kappa shape index (κ3) is 20.7. The Morgan fingerprint density at radius 3 is 1.43 bits per heavy atom. The molecule has 14 N–H and O–H groups in total. The molecule has 0 bridgehead atoms. The zero-order valence-electron chi connectivity index (χ0n) is 60.0. The molecule has 0 spiro atoms. The number of hydrogen-bond donors (Lipinski definition) is 14. The number of aromatic nitrogens is 14. The van der Waals surface area contributed by atoms with Gasteiger partial charge in [-0.25, -0.2) is 0 Å². The SMILES string of the molecule is CC(C)Nc1cc(Cl)c2[nH]ncc2c1.CC(C)Nc1cc(Cl)c2[nH]ncc2c1Cl.CC(C)Nc1ccc2[nH]ncc2c1.CC(C)Nc1ccc2[nH]ncc2c1Cl.Cc1[nH]nc2c(C)cc(NC(C)C)cc12.Cc1[nH]nc2ccc(NC(C)C)c(Cl)c12.Cc1[nH]nc2ccc(NC(C)C)cc12. The molecule has 0 aliphatic rings. The zero-order chi connectivity index (χ0) is 72.6. The van der Waals surface area contributed by atoms with Gasteiger partial charge < -0.3 is 37.2 Å². The Morgan fingerprint density at radius 1 is 0.320 bits per heavy atom. The summed E-state index contributed by atoms with van der Waals surface area (Å²) in [7, 11) is 0. The van der Waals surface area contributed by atoms with Crippen molar-refractivity contribution >= 4 is 174 Å². The van der Waals surface area contributed by atoms with Crippen LogP contribution in [0, 0.1) is 27.7 Å². The van der Waals surface area contributed by atoms with Crippen LogP contribution in [-0.4, -0.2) is 114 Å². The Hall–Kier alpha value is -9.12. The largest absolute Gasteiger partial charge is 0.383 e. The van der Waals surface area contributed by atoms with E-state index in [4.69, 9.17) is 58.0 Å². The summed E-state index contributed by atoms with van der Waals surface area (Å²) in [5.74, 6) is 0. The van der Waals surface area contributed by atoms with Gasteiger partial charge in [-0.05, 0) is 221 Å². The van der Waals surface area contributed by atoms with Crippen LogP contribution in [0.4, 0.5) is 39.8 Å². The molecule has 0 fully saturated rings. The van der Waals surface area contributed by atoms with Crippen LogP contribution in [0.25, 0.3) is 76.3 Å². The van der Waals surface area contributed by atoms with E-state index in [0.717, 1.165) is 127 Å². The molecule has 0 amide bonds. The highest BCUT2D eigenvalue weighted by Crippen LogP contribution is 2.37. The molecule has 21 nitrogen and oxygen atoms in total. The minimum Gasteiger partial charge on any atom is -0.383 e. The van der Waals surface area contributed by atoms with E-state index in [1.165, 1.54) is 22.0 Å². The van der Waals surface area contributed by atoms with Crippen LogP contribution in [0.5, 0.6) is 0 Å². The number of rotatable bonds is 14. The van der Waals surface area contributed by atoms with Gasteiger partial charge >= 0.3 is 0 Å². The minimum absolute atomic E-state index is 0.308. The summed E-state index contributed by atoms with van der Waals surface area (Å²) in [4.78, 5) is 0. The number of aryl methyl sites for hydroxylation is 4. The lowest BCUT2D eigenvalue weighted by molar-refractivity contribution is 0.900. The fraction of sp³-hybridized carbons (Fsp3) is 0.338. The van der Waals surface area contributed by atoms with Crippen LogP contribution in [-0.2, 0) is 0 Å². The van der Waals surface area contributed by atoms with Gasteiger partial charge in [-0.15, -0.1) is 0 Å². The van der Waals surface area contributed by atoms with Gasteiger partial charge in [0.2, 0.25) is 0 Å². The van der Waals surface area contributed by atoms with E-state index in [2.05, 4.69) is 235 Å². The summed E-state index contributed by atoms with van der Waals surface area (Å²) in [6.45, 7) is 37.5. The first-order chi connectivity index (χ1) is 47.5. The summed E-state index contributed by atoms with van der Waals surface area (Å²) >= 11 is 30.9. The lowest BCUT2D eigenvalue weighted by Crippen LogP contribution is -2.09. The Balaban J connectivity index is 0.000000148. The summed E-state index contributed by atoms with van der Waals surface area (Å²) < 4.78 is 0. The van der Waals surface area contributed by atoms with Crippen LogP contribution < -0.4 is 37.2 Å². The zero-order valence-corrected chi connectivity index (χ0v) is 63.8. The molecular formula is C74H94Cl5N21. The molecule has 0 unspecified atom stereocenters. The van der Waals surface area contributed by atoms with Crippen LogP contribution >= 0.6 is 58.0 Å². The molecule has 26 heteroatoms. The normalized spacial score (nSPS) is 11.2. The number of benzene rings is 7. The van der Waals surface area contributed by atoms with E-state index in [-0.39, 0.29) is 0 Å². The molecule has 7 aromatic carbocycles. The summed E-state index contributed by atoms with van der Waals surface area (Å²) in [6, 6.07) is 33.1. The van der Waals surface area contributed by atoms with Crippen molar-refractivity contribution in [2.75, 3.05) is 37.2 Å². The molecule has 7 aromatic heterocycles. The fourth-order valence-electron chi connectivity index (χ4n) is 10.7. The first-order valence-electron chi connectivity index (χ1n) is 33.4. The van der Waals surface area contributed by atoms with Crippen molar-refractivity contribution < 1.29 is 0 Å². The van der Waals surface area contributed by atoms with E-state index in [1.54, 1.807) is 18.6 Å². The minimum atomic E-state index is 0.308. The van der Waals surface area contributed by atoms with Gasteiger partial charge in [-0.2, -0.15) is 35.7 Å². The number of anilines is 7. The number of nitrogens with zero attached hydrogens (tertiary/aromatic N) is 7. The molecule has 0 saturated carbocycles. The molecule has 7 heterocycles. The maximum Gasteiger partial charge on any atom is 0.0954 e. The van der Waals surface area contributed by atoms with Gasteiger partial charge in [-0.3, -0.25) is 35.7 Å². The molecule has 0 aliphatic heterocycles. The lowest BCUT2D eigenvalue weighted by atomic mass is 10.1. The molecule has 0 saturated heterocycles. The van der Waals surface area contributed by atoms with Crippen LogP contribution in [0.1, 0.15) is 120 Å². The molecular weight excluding hydrogens is 1360 g/mol. The number of H-pyrrole nitrogens is 7. The third-order valence-corrected chi connectivity index (χ3v) is 16.7. The van der Waals surface area contributed by atoms with Crippen LogP contribution in [0.3, 0.4) is 0 Å². The van der Waals surface area contributed by atoms with Gasteiger partial charge in [0.15, 0.2) is 0 Å². The standard InChI is InChI=1S/C12H17N3.C11H14ClN3.C11H15N3.C10H11Cl2N3.2C10H12ClN3.C10H13N3/c1-7(2)13-10-5-8(3)12-11(6-10)9(4)14-15-12;1-6(2)13-9-5-4-8-10(11(9)12)7(3)14-15-8;1-7(2)12-9-4-5-11-10(6-9)8(3)13-14-11;1-5(2)14-8-3-7(11)10-6(9(8)12)4-13-15-10;1-6(2)13-8-3-7-5-12-14-10(7)9(11)4-8;1-6(2)13-9-4-3-8-7(10(9)11)5-12-14-8;1-7(2)12-9-3-4-10-8(5-9)6-11-13-10/h5-7,13H,1-4H3,(H,14,15);4-6,13H,1-3H3,(H,14,15);4-7,12H,1-3H3,(H,13,14);3-5,14H,1-2H3,(H,13,15);2*3-6,13H,1-2H3,(H,12,14);3-7,12H,1-2H3,(H,11,13). The van der Waals surface area contributed by atoms with Gasteiger partial charge in [0.1, 0.15) is 0 Å². The molecule has 0 aliphatic carbocycles. The number of aromatic amines is 7. The molecule has 14 rings (SSSR count). The number of hydrogen-bond acceptors (Lipinski definition) is 14. The van der Waals surface area contributed by atoms with E-state index < -0.39 is 0 Å². The Bertz CT molecular complexity index is 4910. The topological polar surface area (TPSA) is 285 Å². The third-order valence-electron chi connectivity index (χ3n) is 14.9. The van der Waals surface area contributed by atoms with Crippen molar-refractivity contribution in [2.24, 2.45) is 0 Å². The maximum atomic E-state index is 6.31. The smallest absolute Gasteiger partial charge is 0.0954 e. The molecule has 14 aromatic rings. The van der Waals surface area contributed by atoms with Crippen molar-refractivity contribution in [3.8, 4) is 0 Å². The molecule has 0 radical (unpaired) electrons. The molecule has 530 valence electrons. The average Bonchev–Trinajstić information content (AvgIpc) is 1.64. The second-order valence-corrected chi connectivity index (χ2v) is 28.4. The van der Waals surface area contributed by atoms with Crippen molar-refractivity contribution in [3.05, 3.63) is 164 Å². The number of fused-ring (bicyclic) bond motifs is 7. The van der Waals surface area contributed by atoms with Gasteiger partial charge in [0, 0.05) is 120 Å². The second kappa shape index (κ2) is 35.3. The highest BCUT2D eigenvalue weighted by molar-refractivity contribution is 6.42. The predicted molar refractivity (Wildman–Crippen MR) is 428 cm³/mol. The van der Waals surface area contributed by atoms with Gasteiger partial charge in [0.05, 0.1) is 106 Å². The van der Waals surface area contributed by atoms with Crippen LogP contribution in [0.2, 0.25) is 25.1 Å². The summed E-state index contributed by atoms with van der Waals surface area (Å²) in [6.07, 6.45) is 7.02. The van der Waals surface area contributed by atoms with Crippen molar-refractivity contribution in [1.29, 1.82) is 0 Å². The highest BCUT2D eigenvalue weighted by Gasteiger charge is 2.15. The Morgan fingerprint density at radius 2 is 0.760 bits per heavy atom. The second-order valence-electron chi connectivity index (χ2n) is 26.5. The Labute approximate surface area is 609 Å². The predicted octanol–water partition coefficient (Wildman–Crippen LogP) is 21.2. The van der Waals surface area contributed by atoms with Gasteiger partial charge in [0.25, 0.3) is 0 Å². The summed E-state index contributed by atoms with van der Waals surface area (Å²) in [5, 5.41) is 82.9. The van der Waals surface area contributed by atoms with Crippen LogP contribution in [0.15, 0.2) is 116 Å². The number of nitrogens with one attached hydrogen (secondary N) is 14. The van der Waals surface area contributed by atoms with Crippen molar-refractivity contribution in [1.82, 2.24) is 71.4 Å². The van der Waals surface area contributed by atoms with Gasteiger partial charge in [-0.1, -0.05) is 58.0 Å². The van der Waals surface area contributed by atoms with E-state index in [9.17, 15) is 0 Å². The lowest BCUT2D eigenvalue weighted by Gasteiger charge is -2.12. The van der Waals surface area contributed by atoms with Crippen molar-refractivity contribution in [2.45, 2.75) is 167 Å². The quantitative estimate of drug-likeness (QED) is 0.0482. The van der Waals surface area contributed by atoms with Crippen molar-refractivity contribution in [3.63, 3.8) is 0 Å². The highest BCUT2D eigenvalue weighted by atomic mass is 35.5. The molecule has 100 heavy (non-hydrogen) atoms. The first kappa shape index (κ1) is 76.6. The number of halogens is 5. The van der Waals surface area contributed by atoms with E-state index >= 15 is 0 Å². The fourth-order valence-corrected chi connectivity index (χ4v) is 12.1. The monoisotopic (exact) mass is 1450 g/mol. The maximum absolute atomic E-state index is 6.31. The van der Waals surface area contributed by atoms with E-state index in [0.29, 0.717) is 57.4 Å². The van der Waals surface area contributed by atoms with E-state index in [1.807, 2.05) is 95.4 Å². The summed E-state index contributed by atoms with van der Waals surface area (Å²) in [5.41, 5.74) is 18.4. The first-order valence-corrected chi connectivity index (χ1v) is 35.3. The Kier molecular flexibility index (Phi) is 27.0.